The summed E-state index contributed by atoms with van der Waals surface area (Å²) in [4.78, 5) is 0. The summed E-state index contributed by atoms with van der Waals surface area (Å²) in [7, 11) is 1.64. The van der Waals surface area contributed by atoms with Crippen LogP contribution < -0.4 is 5.32 Å². The van der Waals surface area contributed by atoms with Gasteiger partial charge in [-0.25, -0.2) is 4.39 Å². The van der Waals surface area contributed by atoms with Crippen molar-refractivity contribution < 1.29 is 9.13 Å². The molecule has 0 saturated carbocycles. The second-order valence-electron chi connectivity index (χ2n) is 4.64. The number of rotatable bonds is 7. The molecule has 0 aliphatic carbocycles. The fourth-order valence-corrected chi connectivity index (χ4v) is 2.53. The van der Waals surface area contributed by atoms with Crippen molar-refractivity contribution in [1.82, 2.24) is 15.1 Å². The second kappa shape index (κ2) is 7.54. The van der Waals surface area contributed by atoms with Gasteiger partial charge >= 0.3 is 0 Å². The van der Waals surface area contributed by atoms with Crippen LogP contribution in [0.4, 0.5) is 4.39 Å². The van der Waals surface area contributed by atoms with Crippen LogP contribution in [0.3, 0.4) is 0 Å². The van der Waals surface area contributed by atoms with Crippen molar-refractivity contribution in [3.05, 3.63) is 52.6 Å². The normalized spacial score (nSPS) is 12.6. The summed E-state index contributed by atoms with van der Waals surface area (Å²) in [6.07, 6.45) is 1.61. The first-order valence-electron chi connectivity index (χ1n) is 6.86. The predicted molar refractivity (Wildman–Crippen MR) is 81.0 cm³/mol. The first-order chi connectivity index (χ1) is 10.2. The van der Waals surface area contributed by atoms with Crippen molar-refractivity contribution in [1.29, 1.82) is 0 Å². The molecule has 1 atom stereocenters. The Bertz CT molecular complexity index is 588. The van der Waals surface area contributed by atoms with E-state index in [2.05, 4.69) is 10.4 Å². The Morgan fingerprint density at radius 1 is 1.48 bits per heavy atom. The summed E-state index contributed by atoms with van der Waals surface area (Å²) in [5, 5.41) is 8.17. The van der Waals surface area contributed by atoms with Gasteiger partial charge in [0.05, 0.1) is 36.1 Å². The molecule has 1 N–H and O–H groups in total. The lowest BCUT2D eigenvalue weighted by molar-refractivity contribution is 0.182. The number of ether oxygens (including phenoxy) is 1. The van der Waals surface area contributed by atoms with Crippen molar-refractivity contribution >= 4 is 11.6 Å². The molecule has 6 heteroatoms. The average molecular weight is 312 g/mol. The third kappa shape index (κ3) is 3.81. The molecule has 1 aromatic heterocycles. The molecule has 21 heavy (non-hydrogen) atoms. The average Bonchev–Trinajstić information content (AvgIpc) is 2.83. The van der Waals surface area contributed by atoms with Gasteiger partial charge in [-0.15, -0.1) is 0 Å². The Labute approximate surface area is 128 Å². The third-order valence-electron chi connectivity index (χ3n) is 3.20. The number of hydrogen-bond acceptors (Lipinski definition) is 3. The lowest BCUT2D eigenvalue weighted by Crippen LogP contribution is -2.26. The molecule has 1 heterocycles. The van der Waals surface area contributed by atoms with Crippen LogP contribution in [0.5, 0.6) is 0 Å². The van der Waals surface area contributed by atoms with Gasteiger partial charge in [0.1, 0.15) is 5.82 Å². The molecule has 2 rings (SSSR count). The number of aromatic nitrogens is 2. The van der Waals surface area contributed by atoms with Crippen LogP contribution >= 0.6 is 11.6 Å². The van der Waals surface area contributed by atoms with Crippen LogP contribution in [0.1, 0.15) is 24.2 Å². The lowest BCUT2D eigenvalue weighted by atomic mass is 10.0. The molecule has 0 amide bonds. The molecule has 0 aliphatic rings. The van der Waals surface area contributed by atoms with Crippen LogP contribution in [0.25, 0.3) is 0 Å². The van der Waals surface area contributed by atoms with Crippen molar-refractivity contribution in [2.24, 2.45) is 0 Å². The smallest absolute Gasteiger partial charge is 0.123 e. The first-order valence-corrected chi connectivity index (χ1v) is 7.24. The zero-order chi connectivity index (χ0) is 15.2. The molecule has 1 unspecified atom stereocenters. The number of hydrogen-bond donors (Lipinski definition) is 1. The van der Waals surface area contributed by atoms with E-state index in [4.69, 9.17) is 16.3 Å². The van der Waals surface area contributed by atoms with E-state index < -0.39 is 0 Å². The Morgan fingerprint density at radius 3 is 2.95 bits per heavy atom. The molecule has 114 valence electrons. The highest BCUT2D eigenvalue weighted by Crippen LogP contribution is 2.28. The minimum Gasteiger partial charge on any atom is -0.383 e. The number of benzene rings is 1. The molecule has 2 aromatic rings. The Hall–Kier alpha value is -1.43. The minimum atomic E-state index is -0.269. The maximum absolute atomic E-state index is 13.5. The van der Waals surface area contributed by atoms with Gasteiger partial charge in [0, 0.05) is 7.11 Å². The van der Waals surface area contributed by atoms with Crippen molar-refractivity contribution in [3.63, 3.8) is 0 Å². The highest BCUT2D eigenvalue weighted by atomic mass is 35.5. The van der Waals surface area contributed by atoms with Gasteiger partial charge in [-0.3, -0.25) is 4.68 Å². The van der Waals surface area contributed by atoms with Crippen molar-refractivity contribution in [2.75, 3.05) is 20.3 Å². The van der Waals surface area contributed by atoms with E-state index >= 15 is 0 Å². The zero-order valence-electron chi connectivity index (χ0n) is 12.1. The van der Waals surface area contributed by atoms with Gasteiger partial charge in [-0.05, 0) is 24.2 Å². The number of halogens is 2. The van der Waals surface area contributed by atoms with Crippen LogP contribution in [0.2, 0.25) is 5.02 Å². The summed E-state index contributed by atoms with van der Waals surface area (Å²) >= 11 is 6.29. The molecule has 1 aromatic carbocycles. The lowest BCUT2D eigenvalue weighted by Gasteiger charge is -2.20. The zero-order valence-corrected chi connectivity index (χ0v) is 12.9. The number of nitrogens with zero attached hydrogens (tertiary/aromatic N) is 2. The molecular formula is C15H19ClFN3O. The Morgan fingerprint density at radius 2 is 2.29 bits per heavy atom. The molecular weight excluding hydrogens is 293 g/mol. The Kier molecular flexibility index (Phi) is 5.73. The number of nitrogens with one attached hydrogen (secondary N) is 1. The van der Waals surface area contributed by atoms with Gasteiger partial charge in [-0.1, -0.05) is 30.7 Å². The van der Waals surface area contributed by atoms with Crippen LogP contribution in [-0.2, 0) is 11.3 Å². The van der Waals surface area contributed by atoms with Gasteiger partial charge in [-0.2, -0.15) is 5.10 Å². The van der Waals surface area contributed by atoms with E-state index in [0.29, 0.717) is 18.2 Å². The predicted octanol–water partition coefficient (Wildman–Crippen LogP) is 3.02. The van der Waals surface area contributed by atoms with Gasteiger partial charge in [0.25, 0.3) is 0 Å². The third-order valence-corrected chi connectivity index (χ3v) is 3.50. The topological polar surface area (TPSA) is 39.1 Å². The second-order valence-corrected chi connectivity index (χ2v) is 5.05. The first kappa shape index (κ1) is 15.9. The van der Waals surface area contributed by atoms with Crippen LogP contribution in [-0.4, -0.2) is 30.0 Å². The Balaban J connectivity index is 2.40. The largest absolute Gasteiger partial charge is 0.383 e. The molecule has 4 nitrogen and oxygen atoms in total. The fraction of sp³-hybridized carbons (Fsp3) is 0.400. The molecule has 0 saturated heterocycles. The highest BCUT2D eigenvalue weighted by Gasteiger charge is 2.21. The van der Waals surface area contributed by atoms with E-state index in [1.165, 1.54) is 12.1 Å². The van der Waals surface area contributed by atoms with E-state index in [1.807, 2.05) is 13.0 Å². The van der Waals surface area contributed by atoms with Crippen LogP contribution in [0, 0.1) is 5.82 Å². The summed E-state index contributed by atoms with van der Waals surface area (Å²) in [6.45, 7) is 3.85. The van der Waals surface area contributed by atoms with E-state index in [0.717, 1.165) is 17.8 Å². The molecule has 0 aliphatic heterocycles. The highest BCUT2D eigenvalue weighted by molar-refractivity contribution is 6.31. The van der Waals surface area contributed by atoms with E-state index in [9.17, 15) is 4.39 Å². The quantitative estimate of drug-likeness (QED) is 0.854. The summed E-state index contributed by atoms with van der Waals surface area (Å²) in [6, 6.07) is 6.30. The van der Waals surface area contributed by atoms with Gasteiger partial charge in [0.2, 0.25) is 0 Å². The standard InChI is InChI=1S/C15H19ClFN3O/c1-3-18-14(11-5-4-6-12(17)9-11)15-13(16)10-19-20(15)7-8-21-2/h4-6,9-10,14,18H,3,7-8H2,1-2H3. The van der Waals surface area contributed by atoms with Crippen LogP contribution in [0.15, 0.2) is 30.5 Å². The molecule has 0 fully saturated rings. The molecule has 0 bridgehead atoms. The van der Waals surface area contributed by atoms with Gasteiger partial charge < -0.3 is 10.1 Å². The maximum atomic E-state index is 13.5. The minimum absolute atomic E-state index is 0.211. The monoisotopic (exact) mass is 311 g/mol. The number of methoxy groups -OCH3 is 1. The van der Waals surface area contributed by atoms with Crippen molar-refractivity contribution in [3.8, 4) is 0 Å². The molecule has 0 spiro atoms. The summed E-state index contributed by atoms with van der Waals surface area (Å²) < 4.78 is 20.4. The van der Waals surface area contributed by atoms with E-state index in [1.54, 1.807) is 24.1 Å². The van der Waals surface area contributed by atoms with Gasteiger partial charge in [0.15, 0.2) is 0 Å². The summed E-state index contributed by atoms with van der Waals surface area (Å²) in [5.41, 5.74) is 1.64. The van der Waals surface area contributed by atoms with Crippen molar-refractivity contribution in [2.45, 2.75) is 19.5 Å². The SMILES string of the molecule is CCNC(c1cccc(F)c1)c1c(Cl)cnn1CCOC. The van der Waals surface area contributed by atoms with E-state index in [-0.39, 0.29) is 11.9 Å². The fourth-order valence-electron chi connectivity index (χ4n) is 2.28. The molecule has 0 radical (unpaired) electrons. The summed E-state index contributed by atoms with van der Waals surface area (Å²) in [5.74, 6) is -0.269. The maximum Gasteiger partial charge on any atom is 0.123 e.